The van der Waals surface area contributed by atoms with Gasteiger partial charge in [-0.2, -0.15) is 0 Å². The third kappa shape index (κ3) is 4.17. The lowest BCUT2D eigenvalue weighted by atomic mass is 10.2. The highest BCUT2D eigenvalue weighted by molar-refractivity contribution is 14.1. The minimum atomic E-state index is -0.595. The summed E-state index contributed by atoms with van der Waals surface area (Å²) >= 11 is 3.11. The molecule has 1 aromatic carbocycles. The van der Waals surface area contributed by atoms with Crippen molar-refractivity contribution in [2.75, 3.05) is 13.2 Å². The summed E-state index contributed by atoms with van der Waals surface area (Å²) < 4.78 is 8.07. The number of aryl methyl sites for hydroxylation is 1. The Hall–Kier alpha value is -2.07. The molecule has 0 saturated carbocycles. The van der Waals surface area contributed by atoms with E-state index in [0.29, 0.717) is 4.91 Å². The van der Waals surface area contributed by atoms with Gasteiger partial charge in [-0.25, -0.2) is 0 Å². The largest absolute Gasteiger partial charge is 0.465 e. The number of hydrogen-bond donors (Lipinski definition) is 0. The van der Waals surface area contributed by atoms with Gasteiger partial charge in [-0.3, -0.25) is 19.3 Å². The lowest BCUT2D eigenvalue weighted by Gasteiger charge is -2.11. The van der Waals surface area contributed by atoms with Crippen LogP contribution in [-0.2, 0) is 14.3 Å². The molecule has 1 fully saturated rings. The summed E-state index contributed by atoms with van der Waals surface area (Å²) in [4.78, 5) is 37.6. The quantitative estimate of drug-likeness (QED) is 0.341. The Morgan fingerprint density at radius 2 is 2.00 bits per heavy atom. The highest BCUT2D eigenvalue weighted by atomic mass is 127. The van der Waals surface area contributed by atoms with Crippen molar-refractivity contribution in [3.63, 3.8) is 0 Å². The van der Waals surface area contributed by atoms with Gasteiger partial charge >= 0.3 is 5.97 Å². The molecule has 2 heterocycles. The molecule has 28 heavy (non-hydrogen) atoms. The Morgan fingerprint density at radius 1 is 1.25 bits per heavy atom. The van der Waals surface area contributed by atoms with Crippen molar-refractivity contribution in [2.45, 2.75) is 20.8 Å². The molecule has 1 aromatic heterocycles. The maximum Gasteiger partial charge on any atom is 0.326 e. The van der Waals surface area contributed by atoms with Crippen LogP contribution in [0.15, 0.2) is 35.2 Å². The van der Waals surface area contributed by atoms with Crippen LogP contribution in [0, 0.1) is 17.4 Å². The van der Waals surface area contributed by atoms with Crippen molar-refractivity contribution < 1.29 is 19.1 Å². The van der Waals surface area contributed by atoms with Crippen LogP contribution in [0.5, 0.6) is 0 Å². The third-order valence-corrected chi connectivity index (χ3v) is 5.87. The number of carbonyl (C=O) groups is 3. The molecular formula is C20H19IN2O4S. The highest BCUT2D eigenvalue weighted by Gasteiger charge is 2.36. The molecule has 2 amide bonds. The molecule has 0 radical (unpaired) electrons. The fraction of sp³-hybridized carbons (Fsp3) is 0.250. The van der Waals surface area contributed by atoms with Gasteiger partial charge in [0.2, 0.25) is 0 Å². The Morgan fingerprint density at radius 3 is 2.68 bits per heavy atom. The maximum absolute atomic E-state index is 12.6. The molecule has 3 rings (SSSR count). The van der Waals surface area contributed by atoms with Gasteiger partial charge in [0.25, 0.3) is 11.1 Å². The fourth-order valence-corrected chi connectivity index (χ4v) is 4.42. The minimum absolute atomic E-state index is 0.204. The molecule has 1 aliphatic heterocycles. The predicted molar refractivity (Wildman–Crippen MR) is 117 cm³/mol. The number of carbonyl (C=O) groups excluding carboxylic acids is 3. The number of halogens is 1. The van der Waals surface area contributed by atoms with Crippen molar-refractivity contribution in [2.24, 2.45) is 0 Å². The van der Waals surface area contributed by atoms with E-state index in [9.17, 15) is 14.4 Å². The molecule has 0 unspecified atom stereocenters. The van der Waals surface area contributed by atoms with Crippen LogP contribution >= 0.6 is 34.4 Å². The lowest BCUT2D eigenvalue weighted by molar-refractivity contribution is -0.145. The number of rotatable bonds is 5. The second-order valence-corrected chi connectivity index (χ2v) is 8.45. The minimum Gasteiger partial charge on any atom is -0.465 e. The average Bonchev–Trinajstić information content (AvgIpc) is 3.05. The zero-order valence-corrected chi connectivity index (χ0v) is 18.7. The second-order valence-electron chi connectivity index (χ2n) is 6.21. The smallest absolute Gasteiger partial charge is 0.326 e. The van der Waals surface area contributed by atoms with Crippen LogP contribution in [0.2, 0.25) is 0 Å². The zero-order chi connectivity index (χ0) is 20.4. The molecule has 0 bridgehead atoms. The number of ether oxygens (including phenoxy) is 1. The number of amides is 2. The van der Waals surface area contributed by atoms with Crippen molar-refractivity contribution >= 4 is 57.5 Å². The lowest BCUT2D eigenvalue weighted by Crippen LogP contribution is -2.34. The number of hydrogen-bond acceptors (Lipinski definition) is 5. The van der Waals surface area contributed by atoms with Crippen molar-refractivity contribution in [1.29, 1.82) is 0 Å². The molecule has 1 saturated heterocycles. The van der Waals surface area contributed by atoms with Crippen LogP contribution in [0.4, 0.5) is 4.79 Å². The Balaban J connectivity index is 1.90. The van der Waals surface area contributed by atoms with E-state index in [2.05, 4.69) is 33.2 Å². The molecular weight excluding hydrogens is 491 g/mol. The van der Waals surface area contributed by atoms with Crippen molar-refractivity contribution in [1.82, 2.24) is 9.47 Å². The van der Waals surface area contributed by atoms with Gasteiger partial charge in [-0.05, 0) is 91.0 Å². The van der Waals surface area contributed by atoms with Gasteiger partial charge in [0, 0.05) is 20.6 Å². The first-order chi connectivity index (χ1) is 13.3. The molecule has 1 aliphatic rings. The molecule has 8 heteroatoms. The zero-order valence-electron chi connectivity index (χ0n) is 15.7. The summed E-state index contributed by atoms with van der Waals surface area (Å²) in [6.45, 7) is 5.49. The molecule has 6 nitrogen and oxygen atoms in total. The number of imide groups is 1. The van der Waals surface area contributed by atoms with Gasteiger partial charge in [-0.15, -0.1) is 0 Å². The summed E-state index contributed by atoms with van der Waals surface area (Å²) in [5.41, 5.74) is 3.89. The van der Waals surface area contributed by atoms with E-state index in [1.165, 1.54) is 0 Å². The summed E-state index contributed by atoms with van der Waals surface area (Å²) in [6.07, 6.45) is 1.71. The highest BCUT2D eigenvalue weighted by Crippen LogP contribution is 2.33. The normalized spacial score (nSPS) is 15.6. The molecule has 2 aromatic rings. The van der Waals surface area contributed by atoms with Gasteiger partial charge in [0.05, 0.1) is 11.5 Å². The van der Waals surface area contributed by atoms with E-state index in [-0.39, 0.29) is 13.2 Å². The molecule has 0 aliphatic carbocycles. The number of aromatic nitrogens is 1. The first-order valence-electron chi connectivity index (χ1n) is 8.67. The van der Waals surface area contributed by atoms with E-state index in [0.717, 1.165) is 42.9 Å². The number of thioether (sulfide) groups is 1. The van der Waals surface area contributed by atoms with Crippen LogP contribution < -0.4 is 0 Å². The van der Waals surface area contributed by atoms with Gasteiger partial charge in [0.1, 0.15) is 6.54 Å². The van der Waals surface area contributed by atoms with Crippen LogP contribution in [0.3, 0.4) is 0 Å². The Kier molecular flexibility index (Phi) is 6.29. The Labute approximate surface area is 181 Å². The van der Waals surface area contributed by atoms with Gasteiger partial charge < -0.3 is 9.30 Å². The van der Waals surface area contributed by atoms with Gasteiger partial charge in [-0.1, -0.05) is 6.07 Å². The van der Waals surface area contributed by atoms with Crippen LogP contribution in [0.25, 0.3) is 11.8 Å². The summed E-state index contributed by atoms with van der Waals surface area (Å²) in [5, 5.41) is -0.462. The first-order valence-corrected chi connectivity index (χ1v) is 10.6. The monoisotopic (exact) mass is 510 g/mol. The van der Waals surface area contributed by atoms with E-state index in [1.54, 1.807) is 13.0 Å². The summed E-state index contributed by atoms with van der Waals surface area (Å²) in [6, 6.07) is 10.1. The SMILES string of the molecule is CCOC(=O)CN1C(=O)SC(=Cc2cc(C)n(-c3cccc(I)c3)c2C)C1=O. The number of nitrogens with zero attached hydrogens (tertiary/aromatic N) is 2. The first kappa shape index (κ1) is 20.7. The average molecular weight is 510 g/mol. The van der Waals surface area contributed by atoms with Gasteiger partial charge in [0.15, 0.2) is 0 Å². The van der Waals surface area contributed by atoms with Crippen LogP contribution in [-0.4, -0.2) is 39.7 Å². The summed E-state index contributed by atoms with van der Waals surface area (Å²) in [5.74, 6) is -1.06. The van der Waals surface area contributed by atoms with Crippen LogP contribution in [0.1, 0.15) is 23.9 Å². The Bertz CT molecular complexity index is 996. The second kappa shape index (κ2) is 8.52. The van der Waals surface area contributed by atoms with E-state index in [1.807, 2.05) is 38.1 Å². The maximum atomic E-state index is 12.6. The molecule has 146 valence electrons. The fourth-order valence-electron chi connectivity index (χ4n) is 3.06. The van der Waals surface area contributed by atoms with E-state index >= 15 is 0 Å². The standard InChI is InChI=1S/C20H19IN2O4S/c1-4-27-18(24)11-22-19(25)17(28-20(22)26)9-14-8-12(2)23(13(14)3)16-7-5-6-15(21)10-16/h5-10H,4,11H2,1-3H3. The number of esters is 1. The van der Waals surface area contributed by atoms with Crippen molar-refractivity contribution in [3.8, 4) is 5.69 Å². The molecule has 0 N–H and O–H groups in total. The van der Waals surface area contributed by atoms with Crippen molar-refractivity contribution in [3.05, 3.63) is 55.8 Å². The molecule has 0 atom stereocenters. The summed E-state index contributed by atoms with van der Waals surface area (Å²) in [7, 11) is 0. The van der Waals surface area contributed by atoms with E-state index in [4.69, 9.17) is 4.74 Å². The predicted octanol–water partition coefficient (Wildman–Crippen LogP) is 4.30. The number of benzene rings is 1. The molecule has 0 spiro atoms. The third-order valence-electron chi connectivity index (χ3n) is 4.29. The topological polar surface area (TPSA) is 68.6 Å². The van der Waals surface area contributed by atoms with E-state index < -0.39 is 17.1 Å².